The average Bonchev–Trinajstić information content (AvgIpc) is 2.56. The van der Waals surface area contributed by atoms with E-state index in [9.17, 15) is 4.79 Å². The van der Waals surface area contributed by atoms with Crippen molar-refractivity contribution in [3.63, 3.8) is 0 Å². The number of ether oxygens (including phenoxy) is 2. The largest absolute Gasteiger partial charge is 0.453 e. The maximum Gasteiger partial charge on any atom is 0.301 e. The van der Waals surface area contributed by atoms with Gasteiger partial charge in [-0.15, -0.1) is 0 Å². The van der Waals surface area contributed by atoms with Crippen molar-refractivity contribution in [2.75, 3.05) is 13.2 Å². The predicted molar refractivity (Wildman–Crippen MR) is 54.5 cm³/mol. The van der Waals surface area contributed by atoms with Gasteiger partial charge in [-0.25, -0.2) is 5.84 Å². The van der Waals surface area contributed by atoms with Gasteiger partial charge in [0.1, 0.15) is 18.5 Å². The normalized spacial score (nSPS) is 15.9. The zero-order chi connectivity index (χ0) is 11.5. The van der Waals surface area contributed by atoms with E-state index in [0.717, 1.165) is 5.56 Å². The van der Waals surface area contributed by atoms with Crippen molar-refractivity contribution in [2.45, 2.75) is 19.6 Å². The summed E-state index contributed by atoms with van der Waals surface area (Å²) in [4.78, 5) is 11.3. The third-order valence-electron chi connectivity index (χ3n) is 2.37. The lowest BCUT2D eigenvalue weighted by Crippen LogP contribution is -2.35. The standard InChI is InChI=1S/C10H14N2O4/c1-6-2-7(5-15-8-3-14-4-8)16-9(6)10(13)12-11/h2,8H,3-5,11H2,1H3,(H,12,13). The van der Waals surface area contributed by atoms with Crippen molar-refractivity contribution in [1.82, 2.24) is 5.43 Å². The number of furan rings is 1. The molecule has 1 aromatic rings. The Morgan fingerprint density at radius 2 is 2.44 bits per heavy atom. The van der Waals surface area contributed by atoms with Gasteiger partial charge in [-0.3, -0.25) is 10.2 Å². The van der Waals surface area contributed by atoms with Gasteiger partial charge in [-0.05, 0) is 13.0 Å². The van der Waals surface area contributed by atoms with Gasteiger partial charge in [0.2, 0.25) is 0 Å². The van der Waals surface area contributed by atoms with Crippen LogP contribution in [0.5, 0.6) is 0 Å². The molecule has 0 spiro atoms. The topological polar surface area (TPSA) is 86.7 Å². The Balaban J connectivity index is 1.96. The lowest BCUT2D eigenvalue weighted by molar-refractivity contribution is -0.137. The molecule has 0 radical (unpaired) electrons. The number of hydrazine groups is 1. The van der Waals surface area contributed by atoms with Crippen molar-refractivity contribution in [2.24, 2.45) is 5.84 Å². The molecule has 1 aliphatic rings. The molecule has 1 amide bonds. The van der Waals surface area contributed by atoms with Crippen LogP contribution in [0.25, 0.3) is 0 Å². The summed E-state index contributed by atoms with van der Waals surface area (Å²) in [6.45, 7) is 3.36. The van der Waals surface area contributed by atoms with Crippen LogP contribution in [-0.2, 0) is 16.1 Å². The van der Waals surface area contributed by atoms with Crippen molar-refractivity contribution >= 4 is 5.91 Å². The third-order valence-corrected chi connectivity index (χ3v) is 2.37. The van der Waals surface area contributed by atoms with E-state index in [0.29, 0.717) is 25.6 Å². The van der Waals surface area contributed by atoms with Crippen molar-refractivity contribution in [3.8, 4) is 0 Å². The van der Waals surface area contributed by atoms with Crippen molar-refractivity contribution in [3.05, 3.63) is 23.2 Å². The van der Waals surface area contributed by atoms with Crippen molar-refractivity contribution in [1.29, 1.82) is 0 Å². The summed E-state index contributed by atoms with van der Waals surface area (Å²) in [7, 11) is 0. The van der Waals surface area contributed by atoms with E-state index < -0.39 is 5.91 Å². The van der Waals surface area contributed by atoms with Gasteiger partial charge < -0.3 is 13.9 Å². The molecule has 0 saturated carbocycles. The second kappa shape index (κ2) is 4.65. The van der Waals surface area contributed by atoms with Gasteiger partial charge in [0.25, 0.3) is 0 Å². The van der Waals surface area contributed by atoms with Crippen LogP contribution in [0.15, 0.2) is 10.5 Å². The molecule has 6 heteroatoms. The zero-order valence-corrected chi connectivity index (χ0v) is 8.99. The minimum atomic E-state index is -0.435. The molecule has 0 aromatic carbocycles. The van der Waals surface area contributed by atoms with Crippen LogP contribution in [0.2, 0.25) is 0 Å². The highest BCUT2D eigenvalue weighted by Gasteiger charge is 2.20. The molecule has 1 fully saturated rings. The van der Waals surface area contributed by atoms with E-state index in [1.54, 1.807) is 13.0 Å². The van der Waals surface area contributed by atoms with Crippen LogP contribution in [0.4, 0.5) is 0 Å². The minimum absolute atomic E-state index is 0.136. The van der Waals surface area contributed by atoms with E-state index in [4.69, 9.17) is 19.7 Å². The molecular formula is C10H14N2O4. The summed E-state index contributed by atoms with van der Waals surface area (Å²) < 4.78 is 15.8. The molecule has 0 atom stereocenters. The second-order valence-electron chi connectivity index (χ2n) is 3.67. The molecule has 0 bridgehead atoms. The molecule has 1 saturated heterocycles. The summed E-state index contributed by atoms with van der Waals surface area (Å²) in [6, 6.07) is 1.77. The molecule has 16 heavy (non-hydrogen) atoms. The van der Waals surface area contributed by atoms with Crippen LogP contribution in [0.1, 0.15) is 21.9 Å². The lowest BCUT2D eigenvalue weighted by Gasteiger charge is -2.25. The lowest BCUT2D eigenvalue weighted by atomic mass is 10.2. The summed E-state index contributed by atoms with van der Waals surface area (Å²) in [5, 5.41) is 0. The summed E-state index contributed by atoms with van der Waals surface area (Å²) in [5.74, 6) is 5.43. The highest BCUT2D eigenvalue weighted by Crippen LogP contribution is 2.17. The van der Waals surface area contributed by atoms with Crippen molar-refractivity contribution < 1.29 is 18.7 Å². The Hall–Kier alpha value is -1.37. The van der Waals surface area contributed by atoms with E-state index in [2.05, 4.69) is 0 Å². The van der Waals surface area contributed by atoms with Gasteiger partial charge in [-0.1, -0.05) is 0 Å². The summed E-state index contributed by atoms with van der Waals surface area (Å²) >= 11 is 0. The molecule has 2 rings (SSSR count). The molecule has 0 aliphatic carbocycles. The molecule has 2 heterocycles. The molecule has 3 N–H and O–H groups in total. The maximum absolute atomic E-state index is 11.3. The van der Waals surface area contributed by atoms with Crippen LogP contribution in [0.3, 0.4) is 0 Å². The Morgan fingerprint density at radius 1 is 1.69 bits per heavy atom. The molecule has 6 nitrogen and oxygen atoms in total. The number of carbonyl (C=O) groups is 1. The third kappa shape index (κ3) is 2.24. The number of carbonyl (C=O) groups excluding carboxylic acids is 1. The van der Waals surface area contributed by atoms with Gasteiger partial charge in [-0.2, -0.15) is 0 Å². The van der Waals surface area contributed by atoms with Gasteiger partial charge in [0, 0.05) is 5.56 Å². The fourth-order valence-corrected chi connectivity index (χ4v) is 1.42. The number of nitrogens with one attached hydrogen (secondary N) is 1. The van der Waals surface area contributed by atoms with Crippen LogP contribution in [0, 0.1) is 6.92 Å². The van der Waals surface area contributed by atoms with E-state index in [-0.39, 0.29) is 11.9 Å². The number of amides is 1. The zero-order valence-electron chi connectivity index (χ0n) is 8.99. The second-order valence-corrected chi connectivity index (χ2v) is 3.67. The van der Waals surface area contributed by atoms with Crippen LogP contribution in [-0.4, -0.2) is 25.2 Å². The number of rotatable bonds is 4. The first-order chi connectivity index (χ1) is 7.70. The molecular weight excluding hydrogens is 212 g/mol. The highest BCUT2D eigenvalue weighted by atomic mass is 16.6. The first-order valence-electron chi connectivity index (χ1n) is 5.00. The molecule has 1 aromatic heterocycles. The number of hydrogen-bond acceptors (Lipinski definition) is 5. The van der Waals surface area contributed by atoms with E-state index in [1.807, 2.05) is 5.43 Å². The van der Waals surface area contributed by atoms with E-state index in [1.165, 1.54) is 0 Å². The number of hydrogen-bond donors (Lipinski definition) is 2. The molecule has 1 aliphatic heterocycles. The Bertz CT molecular complexity index is 384. The monoisotopic (exact) mass is 226 g/mol. The quantitative estimate of drug-likeness (QED) is 0.432. The fraction of sp³-hybridized carbons (Fsp3) is 0.500. The number of nitrogen functional groups attached to an aromatic ring is 1. The Kier molecular flexibility index (Phi) is 3.23. The molecule has 88 valence electrons. The Labute approximate surface area is 92.7 Å². The fourth-order valence-electron chi connectivity index (χ4n) is 1.42. The predicted octanol–water partition coefficient (Wildman–Crippen LogP) is 0.107. The number of nitrogens with two attached hydrogens (primary N) is 1. The summed E-state index contributed by atoms with van der Waals surface area (Å²) in [5.41, 5.74) is 2.77. The first kappa shape index (κ1) is 11.1. The van der Waals surface area contributed by atoms with Crippen LogP contribution >= 0.6 is 0 Å². The molecule has 0 unspecified atom stereocenters. The highest BCUT2D eigenvalue weighted by molar-refractivity contribution is 5.92. The number of aryl methyl sites for hydroxylation is 1. The van der Waals surface area contributed by atoms with Gasteiger partial charge in [0.15, 0.2) is 5.76 Å². The first-order valence-corrected chi connectivity index (χ1v) is 5.00. The van der Waals surface area contributed by atoms with Crippen LogP contribution < -0.4 is 11.3 Å². The van der Waals surface area contributed by atoms with Gasteiger partial charge >= 0.3 is 5.91 Å². The average molecular weight is 226 g/mol. The summed E-state index contributed by atoms with van der Waals surface area (Å²) in [6.07, 6.45) is 0.136. The van der Waals surface area contributed by atoms with Gasteiger partial charge in [0.05, 0.1) is 13.2 Å². The SMILES string of the molecule is Cc1cc(COC2COC2)oc1C(=O)NN. The maximum atomic E-state index is 11.3. The smallest absolute Gasteiger partial charge is 0.301 e. The minimum Gasteiger partial charge on any atom is -0.453 e. The Morgan fingerprint density at radius 3 is 3.00 bits per heavy atom. The van der Waals surface area contributed by atoms with E-state index >= 15 is 0 Å².